The molecule has 1 fully saturated rings. The van der Waals surface area contributed by atoms with Gasteiger partial charge in [-0.05, 0) is 49.2 Å². The molecule has 2 N–H and O–H groups in total. The van der Waals surface area contributed by atoms with Crippen molar-refractivity contribution < 1.29 is 22.7 Å². The molecule has 1 aliphatic rings. The predicted octanol–water partition coefficient (Wildman–Crippen LogP) is 5.15. The van der Waals surface area contributed by atoms with E-state index in [9.17, 15) is 18.0 Å². The number of carbonyl (C=O) groups excluding carboxylic acids is 1. The molecular formula is C26H23F3N6O2. The second-order valence-electron chi connectivity index (χ2n) is 8.71. The molecule has 0 bridgehead atoms. The van der Waals surface area contributed by atoms with E-state index in [1.807, 2.05) is 42.5 Å². The molecule has 11 heteroatoms. The normalized spacial score (nSPS) is 16.1. The third kappa shape index (κ3) is 4.84. The van der Waals surface area contributed by atoms with Crippen LogP contribution in [0.4, 0.5) is 19.0 Å². The van der Waals surface area contributed by atoms with Crippen LogP contribution in [-0.2, 0) is 4.79 Å². The van der Waals surface area contributed by atoms with Crippen LogP contribution in [0.25, 0.3) is 22.3 Å². The Morgan fingerprint density at radius 2 is 1.76 bits per heavy atom. The maximum absolute atomic E-state index is 13.1. The summed E-state index contributed by atoms with van der Waals surface area (Å²) in [5.74, 6) is 0.434. The predicted molar refractivity (Wildman–Crippen MR) is 132 cm³/mol. The van der Waals surface area contributed by atoms with Crippen LogP contribution in [-0.4, -0.2) is 49.8 Å². The average molecular weight is 509 g/mol. The summed E-state index contributed by atoms with van der Waals surface area (Å²) in [6.07, 6.45) is -2.36. The first-order valence-electron chi connectivity index (χ1n) is 11.6. The van der Waals surface area contributed by atoms with Crippen LogP contribution < -0.4 is 10.5 Å². The minimum absolute atomic E-state index is 0.0396. The zero-order valence-electron chi connectivity index (χ0n) is 19.7. The molecule has 0 radical (unpaired) electrons. The monoisotopic (exact) mass is 508 g/mol. The first-order chi connectivity index (χ1) is 17.7. The third-order valence-corrected chi connectivity index (χ3v) is 6.25. The molecule has 0 spiro atoms. The van der Waals surface area contributed by atoms with Crippen LogP contribution in [0.5, 0.6) is 11.5 Å². The van der Waals surface area contributed by atoms with Gasteiger partial charge in [-0.25, -0.2) is 14.6 Å². The lowest BCUT2D eigenvalue weighted by Gasteiger charge is -2.33. The zero-order chi connectivity index (χ0) is 26.2. The first kappa shape index (κ1) is 24.3. The SMILES string of the molecule is C=C(C(=O)N1CCC[C@@H](n2nc(-c3ccc(Oc4ccccc4)cc3)c3c(N)ncnc32)C1)C(F)(F)F. The lowest BCUT2D eigenvalue weighted by molar-refractivity contribution is -0.140. The van der Waals surface area contributed by atoms with Crippen LogP contribution in [0, 0.1) is 0 Å². The van der Waals surface area contributed by atoms with Gasteiger partial charge in [0.1, 0.15) is 34.9 Å². The van der Waals surface area contributed by atoms with Crippen molar-refractivity contribution in [3.8, 4) is 22.8 Å². The van der Waals surface area contributed by atoms with E-state index in [-0.39, 0.29) is 18.9 Å². The molecule has 5 rings (SSSR count). The summed E-state index contributed by atoms with van der Waals surface area (Å²) < 4.78 is 46.7. The van der Waals surface area contributed by atoms with Crippen LogP contribution in [0.3, 0.4) is 0 Å². The largest absolute Gasteiger partial charge is 0.457 e. The Bertz CT molecular complexity index is 1450. The maximum Gasteiger partial charge on any atom is 0.421 e. The van der Waals surface area contributed by atoms with Gasteiger partial charge in [-0.2, -0.15) is 18.3 Å². The minimum Gasteiger partial charge on any atom is -0.457 e. The number of piperidine rings is 1. The van der Waals surface area contributed by atoms with Crippen molar-refractivity contribution >= 4 is 22.8 Å². The molecule has 3 heterocycles. The fourth-order valence-corrected chi connectivity index (χ4v) is 4.41. The van der Waals surface area contributed by atoms with Gasteiger partial charge in [-0.1, -0.05) is 24.8 Å². The van der Waals surface area contributed by atoms with E-state index in [0.717, 1.165) is 10.5 Å². The fraction of sp³-hybridized carbons (Fsp3) is 0.231. The number of ether oxygens (including phenoxy) is 1. The highest BCUT2D eigenvalue weighted by Crippen LogP contribution is 2.35. The highest BCUT2D eigenvalue weighted by Gasteiger charge is 2.40. The first-order valence-corrected chi connectivity index (χ1v) is 11.6. The van der Waals surface area contributed by atoms with Gasteiger partial charge in [0, 0.05) is 18.7 Å². The van der Waals surface area contributed by atoms with Gasteiger partial charge in [0.25, 0.3) is 5.91 Å². The number of hydrogen-bond donors (Lipinski definition) is 1. The number of nitrogens with two attached hydrogens (primary N) is 1. The van der Waals surface area contributed by atoms with Crippen LogP contribution in [0.1, 0.15) is 18.9 Å². The molecule has 4 aromatic rings. The average Bonchev–Trinajstić information content (AvgIpc) is 3.29. The summed E-state index contributed by atoms with van der Waals surface area (Å²) >= 11 is 0. The van der Waals surface area contributed by atoms with Gasteiger partial charge in [-0.15, -0.1) is 0 Å². The highest BCUT2D eigenvalue weighted by molar-refractivity contribution is 5.98. The van der Waals surface area contributed by atoms with E-state index < -0.39 is 23.7 Å². The molecule has 0 unspecified atom stereocenters. The second-order valence-corrected chi connectivity index (χ2v) is 8.71. The van der Waals surface area contributed by atoms with E-state index in [1.165, 1.54) is 6.33 Å². The fourth-order valence-electron chi connectivity index (χ4n) is 4.41. The summed E-state index contributed by atoms with van der Waals surface area (Å²) in [5.41, 5.74) is 6.53. The number of nitrogen functional groups attached to an aromatic ring is 1. The van der Waals surface area contributed by atoms with E-state index in [4.69, 9.17) is 15.6 Å². The maximum atomic E-state index is 13.1. The Morgan fingerprint density at radius 3 is 2.46 bits per heavy atom. The van der Waals surface area contributed by atoms with Crippen molar-refractivity contribution in [2.24, 2.45) is 0 Å². The zero-order valence-corrected chi connectivity index (χ0v) is 19.7. The summed E-state index contributed by atoms with van der Waals surface area (Å²) in [5, 5.41) is 5.29. The molecular weight excluding hydrogens is 485 g/mol. The molecule has 0 saturated carbocycles. The smallest absolute Gasteiger partial charge is 0.421 e. The van der Waals surface area contributed by atoms with E-state index in [2.05, 4.69) is 16.5 Å². The molecule has 2 aromatic carbocycles. The number of likely N-dealkylation sites (tertiary alicyclic amines) is 1. The molecule has 37 heavy (non-hydrogen) atoms. The number of aromatic nitrogens is 4. The Hall–Kier alpha value is -4.41. The van der Waals surface area contributed by atoms with Gasteiger partial charge in [0.05, 0.1) is 11.4 Å². The minimum atomic E-state index is -4.78. The third-order valence-electron chi connectivity index (χ3n) is 6.25. The number of alkyl halides is 3. The summed E-state index contributed by atoms with van der Waals surface area (Å²) in [4.78, 5) is 22.1. The Kier molecular flexibility index (Phi) is 6.28. The van der Waals surface area contributed by atoms with Crippen LogP contribution >= 0.6 is 0 Å². The molecule has 190 valence electrons. The van der Waals surface area contributed by atoms with Crippen molar-refractivity contribution in [2.45, 2.75) is 25.1 Å². The standard InChI is InChI=1S/C26H23F3N6O2/c1-16(26(27,28)29)25(36)34-13-5-6-18(14-34)35-24-21(23(30)31-15-32-24)22(33-35)17-9-11-20(12-10-17)37-19-7-3-2-4-8-19/h2-4,7-12,15,18H,1,5-6,13-14H2,(H2,30,31,32)/t18-/m1/s1. The molecule has 1 aliphatic heterocycles. The van der Waals surface area contributed by atoms with Crippen molar-refractivity contribution in [1.82, 2.24) is 24.6 Å². The number of anilines is 1. The van der Waals surface area contributed by atoms with Gasteiger partial charge in [0.15, 0.2) is 5.65 Å². The highest BCUT2D eigenvalue weighted by atomic mass is 19.4. The van der Waals surface area contributed by atoms with Gasteiger partial charge >= 0.3 is 6.18 Å². The number of rotatable bonds is 5. The van der Waals surface area contributed by atoms with Gasteiger partial charge in [-0.3, -0.25) is 4.79 Å². The number of hydrogen-bond acceptors (Lipinski definition) is 6. The molecule has 8 nitrogen and oxygen atoms in total. The molecule has 1 saturated heterocycles. The summed E-state index contributed by atoms with van der Waals surface area (Å²) in [6.45, 7) is 3.20. The van der Waals surface area contributed by atoms with Crippen LogP contribution in [0.15, 0.2) is 73.1 Å². The lowest BCUT2D eigenvalue weighted by Crippen LogP contribution is -2.43. The summed E-state index contributed by atoms with van der Waals surface area (Å²) in [7, 11) is 0. The van der Waals surface area contributed by atoms with Gasteiger partial charge < -0.3 is 15.4 Å². The number of nitrogens with zero attached hydrogens (tertiary/aromatic N) is 5. The number of benzene rings is 2. The van der Waals surface area contributed by atoms with Crippen molar-refractivity contribution in [3.05, 3.63) is 73.1 Å². The quantitative estimate of drug-likeness (QED) is 0.375. The van der Waals surface area contributed by atoms with Crippen molar-refractivity contribution in [2.75, 3.05) is 18.8 Å². The van der Waals surface area contributed by atoms with E-state index >= 15 is 0 Å². The number of halogens is 3. The topological polar surface area (TPSA) is 99.2 Å². The molecule has 1 amide bonds. The number of carbonyl (C=O) groups is 1. The number of fused-ring (bicyclic) bond motifs is 1. The van der Waals surface area contributed by atoms with Crippen molar-refractivity contribution in [1.29, 1.82) is 0 Å². The number of para-hydroxylation sites is 1. The molecule has 2 aromatic heterocycles. The Balaban J connectivity index is 1.46. The second kappa shape index (κ2) is 9.57. The number of amides is 1. The van der Waals surface area contributed by atoms with Crippen LogP contribution in [0.2, 0.25) is 0 Å². The molecule has 0 aliphatic carbocycles. The Labute approximate surface area is 210 Å². The molecule has 1 atom stereocenters. The lowest BCUT2D eigenvalue weighted by atomic mass is 10.0. The summed E-state index contributed by atoms with van der Waals surface area (Å²) in [6, 6.07) is 16.2. The van der Waals surface area contributed by atoms with Gasteiger partial charge in [0.2, 0.25) is 0 Å². The van der Waals surface area contributed by atoms with E-state index in [0.29, 0.717) is 41.1 Å². The Morgan fingerprint density at radius 1 is 1.05 bits per heavy atom. The van der Waals surface area contributed by atoms with Crippen molar-refractivity contribution in [3.63, 3.8) is 0 Å². The van der Waals surface area contributed by atoms with E-state index in [1.54, 1.807) is 16.8 Å².